The molecule has 0 radical (unpaired) electrons. The molecule has 1 saturated carbocycles. The summed E-state index contributed by atoms with van der Waals surface area (Å²) in [6.45, 7) is 0.719. The number of carbonyl (C=O) groups excluding carboxylic acids is 2. The number of nitrogens with zero attached hydrogens (tertiary/aromatic N) is 4. The van der Waals surface area contributed by atoms with E-state index in [0.717, 1.165) is 47.6 Å². The molecule has 3 heterocycles. The van der Waals surface area contributed by atoms with Gasteiger partial charge in [-0.15, -0.1) is 0 Å². The fraction of sp³-hybridized carbons (Fsp3) is 0.273. The van der Waals surface area contributed by atoms with Gasteiger partial charge in [0, 0.05) is 56.1 Å². The molecule has 9 nitrogen and oxygen atoms in total. The number of benzene rings is 1. The van der Waals surface area contributed by atoms with E-state index in [9.17, 15) is 9.59 Å². The van der Waals surface area contributed by atoms with E-state index in [1.54, 1.807) is 6.07 Å². The topological polar surface area (TPSA) is 118 Å². The monoisotopic (exact) mass is 417 g/mol. The molecule has 0 atom stereocenters. The number of pyridine rings is 1. The summed E-state index contributed by atoms with van der Waals surface area (Å²) in [7, 11) is 3.93. The fourth-order valence-electron chi connectivity index (χ4n) is 4.00. The molecule has 0 unspecified atom stereocenters. The molecular weight excluding hydrogens is 394 g/mol. The van der Waals surface area contributed by atoms with Crippen molar-refractivity contribution in [2.45, 2.75) is 19.4 Å². The lowest BCUT2D eigenvalue weighted by Crippen LogP contribution is -2.22. The molecular formula is C22H23N7O2. The smallest absolute Gasteiger partial charge is 0.252 e. The summed E-state index contributed by atoms with van der Waals surface area (Å²) in [5.41, 5.74) is 11.2. The standard InChI is InChI=1S/C22H23N7O2/c1-28-10-13-11-29(2)27-19(13)14-4-3-5-16(20(14)28)25-17-8-18(24-9-15(17)21(23)30)26-22(31)12-6-7-12/h3-5,8-9,11-12H,6-7,10H2,1-2H3,(H2,23,30)(H2,24,25,26,31). The van der Waals surface area contributed by atoms with Gasteiger partial charge in [-0.3, -0.25) is 14.3 Å². The number of anilines is 4. The number of primary amides is 1. The minimum absolute atomic E-state index is 0.0511. The Morgan fingerprint density at radius 3 is 2.74 bits per heavy atom. The predicted molar refractivity (Wildman–Crippen MR) is 118 cm³/mol. The Morgan fingerprint density at radius 1 is 1.19 bits per heavy atom. The number of aryl methyl sites for hydroxylation is 1. The number of aromatic nitrogens is 3. The number of nitrogens with two attached hydrogens (primary N) is 1. The maximum Gasteiger partial charge on any atom is 0.252 e. The number of amides is 2. The number of carbonyl (C=O) groups is 2. The van der Waals surface area contributed by atoms with Crippen LogP contribution in [0, 0.1) is 5.92 Å². The molecule has 31 heavy (non-hydrogen) atoms. The lowest BCUT2D eigenvalue weighted by molar-refractivity contribution is -0.117. The van der Waals surface area contributed by atoms with Crippen LogP contribution >= 0.6 is 0 Å². The van der Waals surface area contributed by atoms with Crippen molar-refractivity contribution in [2.75, 3.05) is 22.6 Å². The van der Waals surface area contributed by atoms with E-state index in [-0.39, 0.29) is 17.4 Å². The van der Waals surface area contributed by atoms with E-state index in [4.69, 9.17) is 5.73 Å². The van der Waals surface area contributed by atoms with Crippen LogP contribution in [0.15, 0.2) is 36.7 Å². The molecule has 4 N–H and O–H groups in total. The quantitative estimate of drug-likeness (QED) is 0.587. The first kappa shape index (κ1) is 19.1. The van der Waals surface area contributed by atoms with Crippen LogP contribution in [0.2, 0.25) is 0 Å². The van der Waals surface area contributed by atoms with Gasteiger partial charge in [0.15, 0.2) is 0 Å². The van der Waals surface area contributed by atoms with E-state index in [2.05, 4.69) is 25.6 Å². The number of fused-ring (bicyclic) bond motifs is 3. The van der Waals surface area contributed by atoms with Gasteiger partial charge >= 0.3 is 0 Å². The molecule has 2 aliphatic rings. The molecule has 3 aromatic rings. The SMILES string of the molecule is CN1Cc2cn(C)nc2-c2cccc(Nc3cc(NC(=O)C4CC4)ncc3C(N)=O)c21. The van der Waals surface area contributed by atoms with Gasteiger partial charge in [0.1, 0.15) is 5.82 Å². The van der Waals surface area contributed by atoms with Crippen LogP contribution < -0.4 is 21.3 Å². The zero-order valence-electron chi connectivity index (χ0n) is 17.3. The fourth-order valence-corrected chi connectivity index (χ4v) is 4.00. The second-order valence-corrected chi connectivity index (χ2v) is 8.10. The van der Waals surface area contributed by atoms with Crippen molar-refractivity contribution in [1.29, 1.82) is 0 Å². The number of hydrogen-bond donors (Lipinski definition) is 3. The first-order valence-corrected chi connectivity index (χ1v) is 10.2. The Kier molecular flexibility index (Phi) is 4.39. The number of hydrogen-bond acceptors (Lipinski definition) is 6. The Labute approximate surface area is 179 Å². The van der Waals surface area contributed by atoms with Crippen LogP contribution in [0.25, 0.3) is 11.3 Å². The van der Waals surface area contributed by atoms with Crippen LogP contribution in [0.4, 0.5) is 22.9 Å². The molecule has 0 spiro atoms. The first-order chi connectivity index (χ1) is 14.9. The molecule has 1 aliphatic heterocycles. The van der Waals surface area contributed by atoms with E-state index >= 15 is 0 Å². The molecule has 1 fully saturated rings. The van der Waals surface area contributed by atoms with Crippen LogP contribution in [0.1, 0.15) is 28.8 Å². The summed E-state index contributed by atoms with van der Waals surface area (Å²) in [4.78, 5) is 30.5. The predicted octanol–water partition coefficient (Wildman–Crippen LogP) is 2.62. The van der Waals surface area contributed by atoms with Crippen molar-refractivity contribution in [3.05, 3.63) is 47.8 Å². The van der Waals surface area contributed by atoms with Crippen molar-refractivity contribution in [1.82, 2.24) is 14.8 Å². The maximum atomic E-state index is 12.1. The van der Waals surface area contributed by atoms with Gasteiger partial charge in [-0.2, -0.15) is 5.10 Å². The highest BCUT2D eigenvalue weighted by Crippen LogP contribution is 2.43. The lowest BCUT2D eigenvalue weighted by Gasteiger charge is -2.29. The van der Waals surface area contributed by atoms with Crippen molar-refractivity contribution in [3.8, 4) is 11.3 Å². The van der Waals surface area contributed by atoms with Crippen LogP contribution in [0.3, 0.4) is 0 Å². The number of rotatable bonds is 5. The lowest BCUT2D eigenvalue weighted by atomic mass is 9.99. The van der Waals surface area contributed by atoms with Crippen LogP contribution in [-0.4, -0.2) is 33.6 Å². The molecule has 0 saturated heterocycles. The van der Waals surface area contributed by atoms with E-state index < -0.39 is 5.91 Å². The Morgan fingerprint density at radius 2 is 2.00 bits per heavy atom. The second kappa shape index (κ2) is 7.12. The molecule has 158 valence electrons. The van der Waals surface area contributed by atoms with Crippen molar-refractivity contribution >= 4 is 34.7 Å². The van der Waals surface area contributed by atoms with Gasteiger partial charge in [-0.1, -0.05) is 12.1 Å². The van der Waals surface area contributed by atoms with Crippen molar-refractivity contribution in [2.24, 2.45) is 18.7 Å². The van der Waals surface area contributed by atoms with Crippen molar-refractivity contribution < 1.29 is 9.59 Å². The Balaban J connectivity index is 1.54. The van der Waals surface area contributed by atoms with E-state index in [0.29, 0.717) is 11.5 Å². The van der Waals surface area contributed by atoms with Gasteiger partial charge in [0.2, 0.25) is 5.91 Å². The zero-order valence-corrected chi connectivity index (χ0v) is 17.3. The highest BCUT2D eigenvalue weighted by molar-refractivity contribution is 6.02. The molecule has 2 amide bonds. The minimum Gasteiger partial charge on any atom is -0.368 e. The molecule has 5 rings (SSSR count). The van der Waals surface area contributed by atoms with Gasteiger partial charge in [0.05, 0.1) is 28.3 Å². The maximum absolute atomic E-state index is 12.1. The normalized spacial score (nSPS) is 14.6. The molecule has 9 heteroatoms. The average Bonchev–Trinajstić information content (AvgIpc) is 3.50. The van der Waals surface area contributed by atoms with Crippen LogP contribution in [-0.2, 0) is 18.4 Å². The average molecular weight is 417 g/mol. The summed E-state index contributed by atoms with van der Waals surface area (Å²) in [5.74, 6) is -0.212. The molecule has 1 aromatic carbocycles. The Hall–Kier alpha value is -3.88. The first-order valence-electron chi connectivity index (χ1n) is 10.2. The highest BCUT2D eigenvalue weighted by Gasteiger charge is 2.30. The van der Waals surface area contributed by atoms with Crippen molar-refractivity contribution in [3.63, 3.8) is 0 Å². The summed E-state index contributed by atoms with van der Waals surface area (Å²) < 4.78 is 1.82. The summed E-state index contributed by atoms with van der Waals surface area (Å²) >= 11 is 0. The van der Waals surface area contributed by atoms with Gasteiger partial charge < -0.3 is 21.3 Å². The summed E-state index contributed by atoms with van der Waals surface area (Å²) in [6.07, 6.45) is 5.21. The van der Waals surface area contributed by atoms with Crippen LogP contribution in [0.5, 0.6) is 0 Å². The molecule has 2 aromatic heterocycles. The molecule has 0 bridgehead atoms. The minimum atomic E-state index is -0.597. The summed E-state index contributed by atoms with van der Waals surface area (Å²) in [5, 5.41) is 10.8. The highest BCUT2D eigenvalue weighted by atomic mass is 16.2. The van der Waals surface area contributed by atoms with E-state index in [1.807, 2.05) is 43.2 Å². The zero-order chi connectivity index (χ0) is 21.7. The summed E-state index contributed by atoms with van der Waals surface area (Å²) in [6, 6.07) is 7.57. The molecule has 1 aliphatic carbocycles. The Bertz CT molecular complexity index is 1210. The second-order valence-electron chi connectivity index (χ2n) is 8.10. The third-order valence-corrected chi connectivity index (χ3v) is 5.62. The number of para-hydroxylation sites is 1. The van der Waals surface area contributed by atoms with Gasteiger partial charge in [-0.25, -0.2) is 4.98 Å². The van der Waals surface area contributed by atoms with Gasteiger partial charge in [0.25, 0.3) is 5.91 Å². The number of nitrogens with one attached hydrogen (secondary N) is 2. The third-order valence-electron chi connectivity index (χ3n) is 5.62. The van der Waals surface area contributed by atoms with Gasteiger partial charge in [-0.05, 0) is 18.9 Å². The third kappa shape index (κ3) is 3.48. The largest absolute Gasteiger partial charge is 0.368 e. The van der Waals surface area contributed by atoms with E-state index in [1.165, 1.54) is 6.20 Å².